The van der Waals surface area contributed by atoms with E-state index in [0.717, 1.165) is 5.70 Å². The predicted molar refractivity (Wildman–Crippen MR) is 45.5 cm³/mol. The average molecular weight is 143 g/mol. The first-order valence-electron chi connectivity index (χ1n) is 3.65. The summed E-state index contributed by atoms with van der Waals surface area (Å²) in [7, 11) is 0. The highest BCUT2D eigenvalue weighted by Crippen LogP contribution is 2.19. The van der Waals surface area contributed by atoms with Crippen LogP contribution in [0.1, 0.15) is 6.92 Å². The SMILES string of the molecule is CC1=CC=C=C2C=CC=CN21. The molecule has 0 amide bonds. The van der Waals surface area contributed by atoms with E-state index in [4.69, 9.17) is 0 Å². The van der Waals surface area contributed by atoms with Crippen LogP contribution in [0.15, 0.2) is 53.7 Å². The van der Waals surface area contributed by atoms with Crippen LogP contribution in [0.4, 0.5) is 0 Å². The Bertz CT molecular complexity index is 323. The van der Waals surface area contributed by atoms with E-state index in [1.165, 1.54) is 5.70 Å². The van der Waals surface area contributed by atoms with Crippen molar-refractivity contribution in [1.82, 2.24) is 4.90 Å². The van der Waals surface area contributed by atoms with Crippen LogP contribution >= 0.6 is 0 Å². The molecule has 1 nitrogen and oxygen atoms in total. The summed E-state index contributed by atoms with van der Waals surface area (Å²) in [6.45, 7) is 2.08. The Morgan fingerprint density at radius 3 is 3.09 bits per heavy atom. The molecule has 0 bridgehead atoms. The molecule has 0 radical (unpaired) electrons. The summed E-state index contributed by atoms with van der Waals surface area (Å²) in [5.41, 5.74) is 5.51. The Kier molecular flexibility index (Phi) is 1.31. The molecule has 2 aliphatic heterocycles. The summed E-state index contributed by atoms with van der Waals surface area (Å²) in [5.74, 6) is 0. The highest BCUT2D eigenvalue weighted by molar-refractivity contribution is 5.35. The fourth-order valence-corrected chi connectivity index (χ4v) is 1.20. The first-order chi connectivity index (χ1) is 5.38. The predicted octanol–water partition coefficient (Wildman–Crippen LogP) is 2.33. The Hall–Kier alpha value is -1.46. The van der Waals surface area contributed by atoms with Crippen molar-refractivity contribution < 1.29 is 0 Å². The Morgan fingerprint density at radius 1 is 1.36 bits per heavy atom. The third kappa shape index (κ3) is 0.957. The van der Waals surface area contributed by atoms with Crippen molar-refractivity contribution in [2.75, 3.05) is 0 Å². The fourth-order valence-electron chi connectivity index (χ4n) is 1.20. The summed E-state index contributed by atoms with van der Waals surface area (Å²) in [6, 6.07) is 0. The van der Waals surface area contributed by atoms with E-state index in [0.29, 0.717) is 0 Å². The van der Waals surface area contributed by atoms with Crippen molar-refractivity contribution in [2.45, 2.75) is 6.92 Å². The Labute approximate surface area is 66.3 Å². The molecule has 0 unspecified atom stereocenters. The van der Waals surface area contributed by atoms with Crippen molar-refractivity contribution in [3.05, 3.63) is 53.7 Å². The van der Waals surface area contributed by atoms with Gasteiger partial charge in [0, 0.05) is 11.9 Å². The summed E-state index contributed by atoms with van der Waals surface area (Å²) >= 11 is 0. The highest BCUT2D eigenvalue weighted by atomic mass is 15.1. The van der Waals surface area contributed by atoms with Crippen LogP contribution in [0, 0.1) is 0 Å². The van der Waals surface area contributed by atoms with Crippen LogP contribution in [0.3, 0.4) is 0 Å². The van der Waals surface area contributed by atoms with Crippen molar-refractivity contribution >= 4 is 0 Å². The molecule has 0 fully saturated rings. The smallest absolute Gasteiger partial charge is 0.0882 e. The van der Waals surface area contributed by atoms with Gasteiger partial charge in [-0.2, -0.15) is 0 Å². The molecule has 2 aliphatic rings. The van der Waals surface area contributed by atoms with E-state index in [2.05, 4.69) is 17.6 Å². The van der Waals surface area contributed by atoms with Crippen molar-refractivity contribution in [1.29, 1.82) is 0 Å². The number of nitrogens with zero attached hydrogens (tertiary/aromatic N) is 1. The number of hydrogen-bond acceptors (Lipinski definition) is 1. The van der Waals surface area contributed by atoms with E-state index in [9.17, 15) is 0 Å². The van der Waals surface area contributed by atoms with Crippen LogP contribution in [0.5, 0.6) is 0 Å². The van der Waals surface area contributed by atoms with Gasteiger partial charge in [0.15, 0.2) is 0 Å². The van der Waals surface area contributed by atoms with E-state index in [-0.39, 0.29) is 0 Å². The zero-order valence-corrected chi connectivity index (χ0v) is 6.41. The Balaban J connectivity index is 2.49. The van der Waals surface area contributed by atoms with Crippen LogP contribution < -0.4 is 0 Å². The maximum atomic E-state index is 3.15. The molecule has 11 heavy (non-hydrogen) atoms. The van der Waals surface area contributed by atoms with Crippen LogP contribution in [-0.2, 0) is 0 Å². The minimum absolute atomic E-state index is 1.12. The highest BCUT2D eigenvalue weighted by Gasteiger charge is 2.08. The molecular weight excluding hydrogens is 134 g/mol. The second-order valence-corrected chi connectivity index (χ2v) is 2.57. The summed E-state index contributed by atoms with van der Waals surface area (Å²) < 4.78 is 0. The zero-order chi connectivity index (χ0) is 7.68. The van der Waals surface area contributed by atoms with Crippen LogP contribution in [0.2, 0.25) is 0 Å². The molecular formula is C10H9N. The molecule has 0 aliphatic carbocycles. The number of hydrogen-bond donors (Lipinski definition) is 0. The van der Waals surface area contributed by atoms with Gasteiger partial charge in [0.25, 0.3) is 0 Å². The molecule has 0 N–H and O–H groups in total. The zero-order valence-electron chi connectivity index (χ0n) is 6.41. The van der Waals surface area contributed by atoms with Gasteiger partial charge in [-0.25, -0.2) is 0 Å². The lowest BCUT2D eigenvalue weighted by molar-refractivity contribution is 0.587. The van der Waals surface area contributed by atoms with Crippen LogP contribution in [0.25, 0.3) is 0 Å². The standard InChI is InChI=1S/C10H9N/c1-9-5-4-7-10-6-2-3-8-11(9)10/h2-6,8H,1H3. The second kappa shape index (κ2) is 2.30. The second-order valence-electron chi connectivity index (χ2n) is 2.57. The molecule has 0 aromatic heterocycles. The molecule has 2 rings (SSSR count). The van der Waals surface area contributed by atoms with E-state index in [1.54, 1.807) is 0 Å². The fraction of sp³-hybridized carbons (Fsp3) is 0.100. The van der Waals surface area contributed by atoms with Gasteiger partial charge in [0.05, 0.1) is 5.70 Å². The normalized spacial score (nSPS) is 19.5. The molecule has 0 saturated carbocycles. The quantitative estimate of drug-likeness (QED) is 0.470. The average Bonchev–Trinajstić information content (AvgIpc) is 2.06. The van der Waals surface area contributed by atoms with E-state index in [1.807, 2.05) is 36.6 Å². The van der Waals surface area contributed by atoms with Gasteiger partial charge in [-0.05, 0) is 31.2 Å². The van der Waals surface area contributed by atoms with Gasteiger partial charge in [0.1, 0.15) is 0 Å². The maximum Gasteiger partial charge on any atom is 0.0882 e. The Morgan fingerprint density at radius 2 is 2.27 bits per heavy atom. The first-order valence-corrected chi connectivity index (χ1v) is 3.65. The first kappa shape index (κ1) is 6.26. The van der Waals surface area contributed by atoms with Gasteiger partial charge in [0.2, 0.25) is 0 Å². The number of allylic oxidation sites excluding steroid dienone is 5. The largest absolute Gasteiger partial charge is 0.315 e. The van der Waals surface area contributed by atoms with E-state index >= 15 is 0 Å². The summed E-state index contributed by atoms with van der Waals surface area (Å²) in [6.07, 6.45) is 12.1. The molecule has 0 aromatic rings. The third-order valence-corrected chi connectivity index (χ3v) is 1.80. The van der Waals surface area contributed by atoms with E-state index < -0.39 is 0 Å². The molecule has 0 aromatic carbocycles. The molecule has 1 heteroatoms. The maximum absolute atomic E-state index is 3.15. The van der Waals surface area contributed by atoms with Gasteiger partial charge in [-0.3, -0.25) is 0 Å². The molecule has 54 valence electrons. The monoisotopic (exact) mass is 143 g/mol. The van der Waals surface area contributed by atoms with Gasteiger partial charge < -0.3 is 4.90 Å². The summed E-state index contributed by atoms with van der Waals surface area (Å²) in [5, 5.41) is 0. The molecule has 2 heterocycles. The molecule has 0 atom stereocenters. The minimum atomic E-state index is 1.12. The third-order valence-electron chi connectivity index (χ3n) is 1.80. The molecule has 0 saturated heterocycles. The topological polar surface area (TPSA) is 3.24 Å². The lowest BCUT2D eigenvalue weighted by atomic mass is 10.2. The summed E-state index contributed by atoms with van der Waals surface area (Å²) in [4.78, 5) is 2.11. The minimum Gasteiger partial charge on any atom is -0.315 e. The number of rotatable bonds is 0. The van der Waals surface area contributed by atoms with Crippen molar-refractivity contribution in [3.63, 3.8) is 0 Å². The lowest BCUT2D eigenvalue weighted by Gasteiger charge is -2.23. The lowest BCUT2D eigenvalue weighted by Crippen LogP contribution is -2.15. The van der Waals surface area contributed by atoms with Crippen molar-refractivity contribution in [2.24, 2.45) is 0 Å². The van der Waals surface area contributed by atoms with Gasteiger partial charge >= 0.3 is 0 Å². The van der Waals surface area contributed by atoms with Crippen LogP contribution in [-0.4, -0.2) is 4.90 Å². The molecule has 0 spiro atoms. The van der Waals surface area contributed by atoms with Crippen molar-refractivity contribution in [3.8, 4) is 0 Å². The van der Waals surface area contributed by atoms with Gasteiger partial charge in [-0.1, -0.05) is 11.8 Å². The van der Waals surface area contributed by atoms with Gasteiger partial charge in [-0.15, -0.1) is 0 Å². The number of fused-ring (bicyclic) bond motifs is 1.